The van der Waals surface area contributed by atoms with Crippen molar-refractivity contribution in [1.29, 1.82) is 0 Å². The molecule has 0 saturated carbocycles. The van der Waals surface area contributed by atoms with Crippen LogP contribution in [0, 0.1) is 0 Å². The van der Waals surface area contributed by atoms with E-state index in [1.165, 1.54) is 5.69 Å². The third-order valence-corrected chi connectivity index (χ3v) is 6.82. The number of aromatic nitrogens is 3. The number of amides is 1. The smallest absolute Gasteiger partial charge is 0.315 e. The highest BCUT2D eigenvalue weighted by molar-refractivity contribution is 5.83. The topological polar surface area (TPSA) is 83.9 Å². The summed E-state index contributed by atoms with van der Waals surface area (Å²) in [5.74, 6) is -0.915. The van der Waals surface area contributed by atoms with Crippen LogP contribution in [0.5, 0.6) is 5.88 Å². The van der Waals surface area contributed by atoms with E-state index in [2.05, 4.69) is 38.8 Å². The maximum Gasteiger partial charge on any atom is 0.315 e. The number of pyridine rings is 1. The molecule has 2 aliphatic rings. The highest BCUT2D eigenvalue weighted by Crippen LogP contribution is 2.29. The molecule has 2 saturated heterocycles. The molecular weight excluding hydrogens is 482 g/mol. The van der Waals surface area contributed by atoms with Gasteiger partial charge in [-0.1, -0.05) is 19.1 Å². The number of morpholine rings is 1. The van der Waals surface area contributed by atoms with Crippen LogP contribution >= 0.6 is 0 Å². The SMILES string of the molecule is CCN1CCN(c2ccc(-c3cc4nccnc4c(OC[C@@H]4CN(C(=O)C(F)F)CCO4)n3)cc2)CC1. The number of halogens is 2. The third-order valence-electron chi connectivity index (χ3n) is 6.82. The van der Waals surface area contributed by atoms with E-state index in [1.54, 1.807) is 12.4 Å². The molecule has 0 radical (unpaired) electrons. The second-order valence-electron chi connectivity index (χ2n) is 9.09. The first-order valence-corrected chi connectivity index (χ1v) is 12.5. The van der Waals surface area contributed by atoms with Gasteiger partial charge in [-0.15, -0.1) is 0 Å². The summed E-state index contributed by atoms with van der Waals surface area (Å²) < 4.78 is 37.3. The zero-order valence-electron chi connectivity index (χ0n) is 20.7. The average Bonchev–Trinajstić information content (AvgIpc) is 2.95. The van der Waals surface area contributed by atoms with Crippen LogP contribution in [0.2, 0.25) is 0 Å². The number of piperazine rings is 1. The number of hydrogen-bond acceptors (Lipinski definition) is 8. The molecule has 11 heteroatoms. The second kappa shape index (κ2) is 11.3. The number of likely N-dealkylation sites (N-methyl/N-ethyl adjacent to an activating group) is 1. The molecule has 2 aromatic heterocycles. The van der Waals surface area contributed by atoms with Crippen LogP contribution < -0.4 is 9.64 Å². The molecule has 5 rings (SSSR count). The molecule has 0 aliphatic carbocycles. The van der Waals surface area contributed by atoms with E-state index in [1.807, 2.05) is 18.2 Å². The minimum atomic E-state index is -3.04. The number of hydrogen-bond donors (Lipinski definition) is 0. The van der Waals surface area contributed by atoms with Gasteiger partial charge in [0.1, 0.15) is 12.7 Å². The van der Waals surface area contributed by atoms with Gasteiger partial charge in [0.25, 0.3) is 5.91 Å². The summed E-state index contributed by atoms with van der Waals surface area (Å²) in [6, 6.07) is 10.1. The molecule has 2 aliphatic heterocycles. The lowest BCUT2D eigenvalue weighted by Crippen LogP contribution is -2.49. The van der Waals surface area contributed by atoms with Crippen molar-refractivity contribution in [1.82, 2.24) is 24.8 Å². The fourth-order valence-electron chi connectivity index (χ4n) is 4.69. The molecule has 1 aromatic carbocycles. The van der Waals surface area contributed by atoms with Crippen LogP contribution in [0.15, 0.2) is 42.7 Å². The fourth-order valence-corrected chi connectivity index (χ4v) is 4.69. The number of benzene rings is 1. The van der Waals surface area contributed by atoms with E-state index < -0.39 is 18.4 Å². The molecule has 0 bridgehead atoms. The van der Waals surface area contributed by atoms with Gasteiger partial charge < -0.3 is 24.2 Å². The average molecular weight is 513 g/mol. The zero-order valence-corrected chi connectivity index (χ0v) is 20.7. The van der Waals surface area contributed by atoms with Crippen molar-refractivity contribution in [2.24, 2.45) is 0 Å². The van der Waals surface area contributed by atoms with Gasteiger partial charge in [0.05, 0.1) is 24.4 Å². The highest BCUT2D eigenvalue weighted by atomic mass is 19.3. The summed E-state index contributed by atoms with van der Waals surface area (Å²) in [5.41, 5.74) is 3.89. The molecule has 37 heavy (non-hydrogen) atoms. The first-order valence-electron chi connectivity index (χ1n) is 12.5. The van der Waals surface area contributed by atoms with Crippen LogP contribution in [0.25, 0.3) is 22.3 Å². The Balaban J connectivity index is 1.32. The molecular formula is C26H30F2N6O3. The van der Waals surface area contributed by atoms with Crippen molar-refractivity contribution in [2.75, 3.05) is 63.9 Å². The van der Waals surface area contributed by atoms with Crippen LogP contribution in [0.1, 0.15) is 6.92 Å². The van der Waals surface area contributed by atoms with Crippen molar-refractivity contribution < 1.29 is 23.0 Å². The number of carbonyl (C=O) groups is 1. The molecule has 0 N–H and O–H groups in total. The molecule has 9 nitrogen and oxygen atoms in total. The lowest BCUT2D eigenvalue weighted by atomic mass is 10.1. The Morgan fingerprint density at radius 1 is 1.11 bits per heavy atom. The molecule has 1 amide bonds. The molecule has 196 valence electrons. The lowest BCUT2D eigenvalue weighted by Gasteiger charge is -2.35. The zero-order chi connectivity index (χ0) is 25.8. The minimum absolute atomic E-state index is 0.0282. The van der Waals surface area contributed by atoms with Crippen molar-refractivity contribution in [3.63, 3.8) is 0 Å². The van der Waals surface area contributed by atoms with Gasteiger partial charge >= 0.3 is 6.43 Å². The number of ether oxygens (including phenoxy) is 2. The molecule has 1 atom stereocenters. The van der Waals surface area contributed by atoms with E-state index in [4.69, 9.17) is 14.5 Å². The van der Waals surface area contributed by atoms with E-state index >= 15 is 0 Å². The Hall–Kier alpha value is -3.44. The van der Waals surface area contributed by atoms with Crippen molar-refractivity contribution >= 4 is 22.6 Å². The van der Waals surface area contributed by atoms with E-state index in [0.29, 0.717) is 16.7 Å². The van der Waals surface area contributed by atoms with Gasteiger partial charge in [-0.25, -0.2) is 9.97 Å². The van der Waals surface area contributed by atoms with Crippen LogP contribution in [0.4, 0.5) is 14.5 Å². The minimum Gasteiger partial charge on any atom is -0.473 e. The third kappa shape index (κ3) is 5.78. The molecule has 0 spiro atoms. The summed E-state index contributed by atoms with van der Waals surface area (Å²) in [6.07, 6.45) is -0.429. The molecule has 4 heterocycles. The number of anilines is 1. The predicted octanol–water partition coefficient (Wildman–Crippen LogP) is 2.71. The first kappa shape index (κ1) is 25.2. The van der Waals surface area contributed by atoms with Crippen LogP contribution in [-0.4, -0.2) is 102 Å². The first-order chi connectivity index (χ1) is 18.0. The Kier molecular flexibility index (Phi) is 7.71. The maximum absolute atomic E-state index is 12.8. The van der Waals surface area contributed by atoms with Crippen LogP contribution in [-0.2, 0) is 9.53 Å². The van der Waals surface area contributed by atoms with Gasteiger partial charge in [-0.3, -0.25) is 9.78 Å². The van der Waals surface area contributed by atoms with Crippen molar-refractivity contribution in [2.45, 2.75) is 19.5 Å². The van der Waals surface area contributed by atoms with Gasteiger partial charge in [-0.05, 0) is 24.7 Å². The fraction of sp³-hybridized carbons (Fsp3) is 0.462. The predicted molar refractivity (Wildman–Crippen MR) is 135 cm³/mol. The van der Waals surface area contributed by atoms with Crippen LogP contribution in [0.3, 0.4) is 0 Å². The van der Waals surface area contributed by atoms with Crippen molar-refractivity contribution in [3.8, 4) is 17.1 Å². The number of carbonyl (C=O) groups excluding carboxylic acids is 1. The number of rotatable bonds is 7. The second-order valence-corrected chi connectivity index (χ2v) is 9.09. The Labute approximate surface area is 214 Å². The maximum atomic E-state index is 12.8. The normalized spacial score (nSPS) is 19.0. The van der Waals surface area contributed by atoms with Gasteiger partial charge in [0, 0.05) is 56.4 Å². The van der Waals surface area contributed by atoms with Gasteiger partial charge in [0.15, 0.2) is 5.52 Å². The van der Waals surface area contributed by atoms with E-state index in [9.17, 15) is 13.6 Å². The summed E-state index contributed by atoms with van der Waals surface area (Å²) in [6.45, 7) is 7.74. The highest BCUT2D eigenvalue weighted by Gasteiger charge is 2.30. The molecule has 3 aromatic rings. The number of fused-ring (bicyclic) bond motifs is 1. The quantitative estimate of drug-likeness (QED) is 0.478. The van der Waals surface area contributed by atoms with E-state index in [-0.39, 0.29) is 32.2 Å². The molecule has 2 fully saturated rings. The van der Waals surface area contributed by atoms with Gasteiger partial charge in [-0.2, -0.15) is 8.78 Å². The van der Waals surface area contributed by atoms with Crippen molar-refractivity contribution in [3.05, 3.63) is 42.7 Å². The monoisotopic (exact) mass is 512 g/mol. The Bertz CT molecular complexity index is 1220. The standard InChI is InChI=1S/C26H30F2N6O3/c1-2-32-9-11-33(12-10-32)19-5-3-18(4-6-19)21-15-22-23(30-8-7-29-22)25(31-21)37-17-20-16-34(13-14-36-20)26(35)24(27)28/h3-8,15,20,24H,2,9-14,16-17H2,1H3/t20-/m0/s1. The largest absolute Gasteiger partial charge is 0.473 e. The molecule has 0 unspecified atom stereocenters. The lowest BCUT2D eigenvalue weighted by molar-refractivity contribution is -0.151. The van der Waals surface area contributed by atoms with E-state index in [0.717, 1.165) is 43.2 Å². The number of nitrogens with zero attached hydrogens (tertiary/aromatic N) is 6. The number of alkyl halides is 2. The van der Waals surface area contributed by atoms with Gasteiger partial charge in [0.2, 0.25) is 5.88 Å². The summed E-state index contributed by atoms with van der Waals surface area (Å²) in [7, 11) is 0. The summed E-state index contributed by atoms with van der Waals surface area (Å²) >= 11 is 0. The summed E-state index contributed by atoms with van der Waals surface area (Å²) in [5, 5.41) is 0. The Morgan fingerprint density at radius 3 is 2.59 bits per heavy atom. The Morgan fingerprint density at radius 2 is 1.86 bits per heavy atom. The summed E-state index contributed by atoms with van der Waals surface area (Å²) in [4.78, 5) is 31.1.